The lowest BCUT2D eigenvalue weighted by molar-refractivity contribution is -0.301. The summed E-state index contributed by atoms with van der Waals surface area (Å²) in [5.74, 6) is 0. The van der Waals surface area contributed by atoms with Gasteiger partial charge in [0.2, 0.25) is 0 Å². The predicted molar refractivity (Wildman–Crippen MR) is 146 cm³/mol. The number of hydrogen-bond acceptors (Lipinski definition) is 12. The molecule has 40 heavy (non-hydrogen) atoms. The molecule has 0 bridgehead atoms. The molecule has 2 aliphatic heterocycles. The summed E-state index contributed by atoms with van der Waals surface area (Å²) in [7, 11) is 0. The largest absolute Gasteiger partial charge is 0.394 e. The van der Waals surface area contributed by atoms with Crippen LogP contribution in [-0.4, -0.2) is 129 Å². The summed E-state index contributed by atoms with van der Waals surface area (Å²) in [6.07, 6.45) is 3.38. The van der Waals surface area contributed by atoms with Crippen molar-refractivity contribution in [1.82, 2.24) is 0 Å². The predicted octanol–water partition coefficient (Wildman–Crippen LogP) is 0.103. The Morgan fingerprint density at radius 2 is 1.00 bits per heavy atom. The highest BCUT2D eigenvalue weighted by Crippen LogP contribution is 2.23. The second-order valence-corrected chi connectivity index (χ2v) is 10.3. The zero-order chi connectivity index (χ0) is 29.9. The van der Waals surface area contributed by atoms with E-state index in [0.29, 0.717) is 13.2 Å². The van der Waals surface area contributed by atoms with Crippen molar-refractivity contribution in [2.45, 2.75) is 139 Å². The molecule has 10 unspecified atom stereocenters. The lowest BCUT2D eigenvalue weighted by Crippen LogP contribution is -2.59. The molecule has 0 spiro atoms. The van der Waals surface area contributed by atoms with E-state index in [1.165, 1.54) is 19.3 Å². The Bertz CT molecular complexity index is 634. The van der Waals surface area contributed by atoms with E-state index in [0.717, 1.165) is 44.9 Å². The molecule has 0 saturated carbocycles. The number of aliphatic hydroxyl groups excluding tert-OH is 8. The van der Waals surface area contributed by atoms with E-state index in [2.05, 4.69) is 19.1 Å². The van der Waals surface area contributed by atoms with Crippen LogP contribution in [0.1, 0.15) is 78.1 Å². The molecule has 2 fully saturated rings. The van der Waals surface area contributed by atoms with Crippen LogP contribution in [0, 0.1) is 0 Å². The third-order valence-electron chi connectivity index (χ3n) is 6.93. The van der Waals surface area contributed by atoms with Crippen molar-refractivity contribution >= 4 is 0 Å². The fourth-order valence-electron chi connectivity index (χ4n) is 4.31. The summed E-state index contributed by atoms with van der Waals surface area (Å²) in [6, 6.07) is 0. The number of aliphatic hydroxyl groups is 8. The lowest BCUT2D eigenvalue weighted by atomic mass is 9.99. The van der Waals surface area contributed by atoms with Gasteiger partial charge in [0, 0.05) is 13.2 Å². The SMILES string of the molecule is CC/C=C/CCCCCCCCOC1OC(CO)C(O)C(O)C1O.CCCCOC1OC(CO)C(O)C(O)C1O. The molecule has 2 heterocycles. The maximum Gasteiger partial charge on any atom is 0.186 e. The van der Waals surface area contributed by atoms with Crippen LogP contribution in [0.15, 0.2) is 12.2 Å². The van der Waals surface area contributed by atoms with Crippen LogP contribution in [0.3, 0.4) is 0 Å². The molecule has 10 atom stereocenters. The molecule has 0 radical (unpaired) electrons. The van der Waals surface area contributed by atoms with Crippen molar-refractivity contribution in [3.63, 3.8) is 0 Å². The van der Waals surface area contributed by atoms with Gasteiger partial charge in [-0.25, -0.2) is 0 Å². The topological polar surface area (TPSA) is 199 Å². The quantitative estimate of drug-likeness (QED) is 0.0851. The molecular formula is C28H54O12. The maximum atomic E-state index is 9.84. The van der Waals surface area contributed by atoms with Gasteiger partial charge in [-0.1, -0.05) is 58.1 Å². The molecule has 238 valence electrons. The van der Waals surface area contributed by atoms with Crippen LogP contribution in [0.25, 0.3) is 0 Å². The molecule has 12 heteroatoms. The fraction of sp³-hybridized carbons (Fsp3) is 0.929. The summed E-state index contributed by atoms with van der Waals surface area (Å²) >= 11 is 0. The molecule has 0 aromatic rings. The van der Waals surface area contributed by atoms with Crippen molar-refractivity contribution in [3.8, 4) is 0 Å². The Hall–Kier alpha value is -0.740. The number of rotatable bonds is 17. The molecule has 2 aliphatic rings. The van der Waals surface area contributed by atoms with Gasteiger partial charge in [0.1, 0.15) is 48.8 Å². The maximum absolute atomic E-state index is 9.84. The first-order chi connectivity index (χ1) is 19.2. The van der Waals surface area contributed by atoms with Crippen molar-refractivity contribution < 1.29 is 59.8 Å². The van der Waals surface area contributed by atoms with Crippen molar-refractivity contribution in [2.75, 3.05) is 26.4 Å². The molecule has 0 aromatic carbocycles. The highest BCUT2D eigenvalue weighted by Gasteiger charge is 2.44. The van der Waals surface area contributed by atoms with E-state index >= 15 is 0 Å². The van der Waals surface area contributed by atoms with Gasteiger partial charge >= 0.3 is 0 Å². The van der Waals surface area contributed by atoms with Crippen molar-refractivity contribution in [2.24, 2.45) is 0 Å². The Kier molecular flexibility index (Phi) is 20.4. The van der Waals surface area contributed by atoms with E-state index in [4.69, 9.17) is 29.2 Å². The van der Waals surface area contributed by atoms with Crippen LogP contribution in [0.4, 0.5) is 0 Å². The summed E-state index contributed by atoms with van der Waals surface area (Å²) in [5.41, 5.74) is 0. The lowest BCUT2D eigenvalue weighted by Gasteiger charge is -2.39. The number of hydrogen-bond donors (Lipinski definition) is 8. The Labute approximate surface area is 238 Å². The van der Waals surface area contributed by atoms with Gasteiger partial charge in [0.05, 0.1) is 13.2 Å². The smallest absolute Gasteiger partial charge is 0.186 e. The minimum absolute atomic E-state index is 0.402. The van der Waals surface area contributed by atoms with Gasteiger partial charge in [0.25, 0.3) is 0 Å². The minimum Gasteiger partial charge on any atom is -0.394 e. The van der Waals surface area contributed by atoms with Crippen molar-refractivity contribution in [3.05, 3.63) is 12.2 Å². The first-order valence-electron chi connectivity index (χ1n) is 14.7. The summed E-state index contributed by atoms with van der Waals surface area (Å²) in [6.45, 7) is 4.09. The van der Waals surface area contributed by atoms with Gasteiger partial charge in [-0.3, -0.25) is 0 Å². The zero-order valence-electron chi connectivity index (χ0n) is 24.0. The summed E-state index contributed by atoms with van der Waals surface area (Å²) in [4.78, 5) is 0. The van der Waals surface area contributed by atoms with E-state index < -0.39 is 74.6 Å². The van der Waals surface area contributed by atoms with Crippen LogP contribution in [0.2, 0.25) is 0 Å². The summed E-state index contributed by atoms with van der Waals surface area (Å²) in [5, 5.41) is 75.7. The average Bonchev–Trinajstić information content (AvgIpc) is 2.96. The second-order valence-electron chi connectivity index (χ2n) is 10.3. The molecule has 2 rings (SSSR count). The highest BCUT2D eigenvalue weighted by atomic mass is 16.7. The Morgan fingerprint density at radius 1 is 0.550 bits per heavy atom. The monoisotopic (exact) mass is 582 g/mol. The highest BCUT2D eigenvalue weighted by molar-refractivity contribution is 4.89. The molecule has 0 aromatic heterocycles. The van der Waals surface area contributed by atoms with Gasteiger partial charge < -0.3 is 59.8 Å². The second kappa shape index (κ2) is 21.9. The van der Waals surface area contributed by atoms with E-state index in [1.807, 2.05) is 6.92 Å². The number of ether oxygens (including phenoxy) is 4. The van der Waals surface area contributed by atoms with Gasteiger partial charge in [0.15, 0.2) is 12.6 Å². The first kappa shape index (κ1) is 37.3. The van der Waals surface area contributed by atoms with E-state index in [9.17, 15) is 30.6 Å². The Balaban J connectivity index is 0.000000433. The minimum atomic E-state index is -1.37. The van der Waals surface area contributed by atoms with Crippen LogP contribution in [0.5, 0.6) is 0 Å². The standard InChI is InChI=1S/C18H34O6.C10H20O6/c1-2-3-4-5-6-7-8-9-10-11-12-23-18-17(22)16(21)15(20)14(13-19)24-18;1-2-3-4-15-10-9(14)8(13)7(12)6(5-11)16-10/h3-4,14-22H,2,5-13H2,1H3;6-14H,2-5H2,1H3/b4-3+;. The zero-order valence-corrected chi connectivity index (χ0v) is 24.0. The third-order valence-corrected chi connectivity index (χ3v) is 6.93. The van der Waals surface area contributed by atoms with Crippen LogP contribution < -0.4 is 0 Å². The van der Waals surface area contributed by atoms with E-state index in [1.54, 1.807) is 0 Å². The van der Waals surface area contributed by atoms with Crippen LogP contribution in [-0.2, 0) is 18.9 Å². The van der Waals surface area contributed by atoms with Gasteiger partial charge in [-0.15, -0.1) is 0 Å². The molecule has 0 aliphatic carbocycles. The Morgan fingerprint density at radius 3 is 1.45 bits per heavy atom. The number of allylic oxidation sites excluding steroid dienone is 2. The molecule has 2 saturated heterocycles. The molecule has 12 nitrogen and oxygen atoms in total. The van der Waals surface area contributed by atoms with Gasteiger partial charge in [-0.05, 0) is 32.1 Å². The fourth-order valence-corrected chi connectivity index (χ4v) is 4.31. The summed E-state index contributed by atoms with van der Waals surface area (Å²) < 4.78 is 21.1. The number of unbranched alkanes of at least 4 members (excludes halogenated alkanes) is 7. The molecule has 0 amide bonds. The van der Waals surface area contributed by atoms with Crippen molar-refractivity contribution in [1.29, 1.82) is 0 Å². The van der Waals surface area contributed by atoms with E-state index in [-0.39, 0.29) is 0 Å². The van der Waals surface area contributed by atoms with Crippen LogP contribution >= 0.6 is 0 Å². The third kappa shape index (κ3) is 13.1. The average molecular weight is 583 g/mol. The molecular weight excluding hydrogens is 528 g/mol. The molecule has 8 N–H and O–H groups in total. The normalized spacial score (nSPS) is 34.5. The first-order valence-corrected chi connectivity index (χ1v) is 14.7. The van der Waals surface area contributed by atoms with Gasteiger partial charge in [-0.2, -0.15) is 0 Å².